The van der Waals surface area contributed by atoms with Gasteiger partial charge in [0.2, 0.25) is 0 Å². The zero-order valence-corrected chi connectivity index (χ0v) is 14.3. The minimum absolute atomic E-state index is 0.180. The Morgan fingerprint density at radius 3 is 1.30 bits per heavy atom. The molecule has 23 heavy (non-hydrogen) atoms. The lowest BCUT2D eigenvalue weighted by Crippen LogP contribution is -2.29. The van der Waals surface area contributed by atoms with E-state index in [0.717, 1.165) is 0 Å². The Bertz CT molecular complexity index is 441. The van der Waals surface area contributed by atoms with Crippen LogP contribution in [0.25, 0.3) is 0 Å². The molecule has 0 unspecified atom stereocenters. The summed E-state index contributed by atoms with van der Waals surface area (Å²) >= 11 is 0. The van der Waals surface area contributed by atoms with Crippen LogP contribution in [0.5, 0.6) is 0 Å². The average molecular weight is 328 g/mol. The molecule has 0 aliphatic rings. The summed E-state index contributed by atoms with van der Waals surface area (Å²) in [6.07, 6.45) is -2.12. The fourth-order valence-corrected chi connectivity index (χ4v) is 0.777. The lowest BCUT2D eigenvalue weighted by atomic mass is 10.2. The van der Waals surface area contributed by atoms with Gasteiger partial charge in [-0.2, -0.15) is 0 Å². The molecule has 7 nitrogen and oxygen atoms in total. The molecule has 0 bridgehead atoms. The van der Waals surface area contributed by atoms with Crippen molar-refractivity contribution in [3.63, 3.8) is 0 Å². The average Bonchev–Trinajstić information content (AvgIpc) is 2.30. The van der Waals surface area contributed by atoms with Crippen LogP contribution in [-0.4, -0.2) is 46.9 Å². The molecular weight excluding hydrogens is 304 g/mol. The van der Waals surface area contributed by atoms with Crippen LogP contribution in [0, 0.1) is 23.7 Å². The zero-order chi connectivity index (χ0) is 18.5. The molecule has 7 heteroatoms. The van der Waals surface area contributed by atoms with Crippen molar-refractivity contribution in [2.24, 2.45) is 0 Å². The molecule has 0 aromatic carbocycles. The molecule has 0 saturated heterocycles. The van der Waals surface area contributed by atoms with Crippen molar-refractivity contribution in [3.05, 3.63) is 0 Å². The quantitative estimate of drug-likeness (QED) is 0.397. The summed E-state index contributed by atoms with van der Waals surface area (Å²) < 4.78 is 13.8. The van der Waals surface area contributed by atoms with E-state index in [1.165, 1.54) is 0 Å². The third kappa shape index (κ3) is 22.2. The summed E-state index contributed by atoms with van der Waals surface area (Å²) in [7, 11) is 0. The molecule has 0 radical (unpaired) electrons. The van der Waals surface area contributed by atoms with Gasteiger partial charge in [0.1, 0.15) is 24.4 Å². The summed E-state index contributed by atoms with van der Waals surface area (Å²) in [5, 5.41) is 16.1. The van der Waals surface area contributed by atoms with Crippen LogP contribution < -0.4 is 0 Å². The molecule has 0 aliphatic carbocycles. The van der Waals surface area contributed by atoms with Gasteiger partial charge in [-0.1, -0.05) is 11.8 Å². The Kier molecular flexibility index (Phi) is 11.4. The molecular formula is C16H24O7. The van der Waals surface area contributed by atoms with Gasteiger partial charge in [-0.15, -0.1) is 0 Å². The second-order valence-electron chi connectivity index (χ2n) is 5.95. The first-order valence-electron chi connectivity index (χ1n) is 6.72. The third-order valence-corrected chi connectivity index (χ3v) is 1.34. The van der Waals surface area contributed by atoms with E-state index in [1.807, 2.05) is 0 Å². The summed E-state index contributed by atoms with van der Waals surface area (Å²) in [5.41, 5.74) is -1.39. The van der Waals surface area contributed by atoms with Crippen LogP contribution in [0.1, 0.15) is 41.5 Å². The minimum Gasteiger partial charge on any atom is -0.428 e. The molecule has 0 saturated carbocycles. The number of aliphatic hydroxyl groups is 2. The number of carbonyl (C=O) groups excluding carboxylic acids is 2. The SMILES string of the molecule is CC(C)(C)OC(=O)OC(=O)OC(C)(C)C.OCC#CC#CCO. The van der Waals surface area contributed by atoms with Gasteiger partial charge >= 0.3 is 12.3 Å². The first-order valence-corrected chi connectivity index (χ1v) is 6.72. The molecule has 0 fully saturated rings. The maximum Gasteiger partial charge on any atom is 0.519 e. The largest absolute Gasteiger partial charge is 0.519 e. The predicted molar refractivity (Wildman–Crippen MR) is 83.3 cm³/mol. The Morgan fingerprint density at radius 1 is 0.783 bits per heavy atom. The van der Waals surface area contributed by atoms with E-state index >= 15 is 0 Å². The van der Waals surface area contributed by atoms with Gasteiger partial charge in [-0.25, -0.2) is 9.59 Å². The number of hydrogen-bond acceptors (Lipinski definition) is 7. The maximum absolute atomic E-state index is 11.0. The number of aliphatic hydroxyl groups excluding tert-OH is 2. The molecule has 0 atom stereocenters. The second-order valence-corrected chi connectivity index (χ2v) is 5.95. The van der Waals surface area contributed by atoms with Crippen LogP contribution in [0.3, 0.4) is 0 Å². The van der Waals surface area contributed by atoms with Crippen LogP contribution in [0.4, 0.5) is 9.59 Å². The Labute approximate surface area is 136 Å². The fraction of sp³-hybridized carbons (Fsp3) is 0.625. The van der Waals surface area contributed by atoms with Gasteiger partial charge < -0.3 is 24.4 Å². The van der Waals surface area contributed by atoms with Crippen LogP contribution in [0.15, 0.2) is 0 Å². The highest BCUT2D eigenvalue weighted by Gasteiger charge is 2.24. The molecule has 0 amide bonds. The summed E-state index contributed by atoms with van der Waals surface area (Å²) in [6.45, 7) is 9.66. The highest BCUT2D eigenvalue weighted by molar-refractivity contribution is 5.77. The van der Waals surface area contributed by atoms with Crippen molar-refractivity contribution in [3.8, 4) is 23.7 Å². The van der Waals surface area contributed by atoms with Crippen molar-refractivity contribution in [1.82, 2.24) is 0 Å². The van der Waals surface area contributed by atoms with Crippen LogP contribution in [0.2, 0.25) is 0 Å². The van der Waals surface area contributed by atoms with E-state index in [2.05, 4.69) is 28.4 Å². The van der Waals surface area contributed by atoms with Crippen molar-refractivity contribution in [1.29, 1.82) is 0 Å². The van der Waals surface area contributed by atoms with Crippen molar-refractivity contribution in [2.75, 3.05) is 13.2 Å². The Hall–Kier alpha value is -2.22. The monoisotopic (exact) mass is 328 g/mol. The van der Waals surface area contributed by atoms with Crippen molar-refractivity contribution < 1.29 is 34.0 Å². The lowest BCUT2D eigenvalue weighted by Gasteiger charge is -2.20. The minimum atomic E-state index is -1.06. The predicted octanol–water partition coefficient (Wildman–Crippen LogP) is 1.85. The summed E-state index contributed by atoms with van der Waals surface area (Å²) in [6, 6.07) is 0. The molecule has 0 aromatic heterocycles. The Balaban J connectivity index is 0. The number of carbonyl (C=O) groups is 2. The van der Waals surface area contributed by atoms with E-state index in [1.54, 1.807) is 41.5 Å². The van der Waals surface area contributed by atoms with Crippen LogP contribution >= 0.6 is 0 Å². The van der Waals surface area contributed by atoms with E-state index in [9.17, 15) is 9.59 Å². The van der Waals surface area contributed by atoms with Crippen LogP contribution in [-0.2, 0) is 14.2 Å². The van der Waals surface area contributed by atoms with E-state index in [-0.39, 0.29) is 13.2 Å². The van der Waals surface area contributed by atoms with Gasteiger partial charge in [0.25, 0.3) is 0 Å². The normalized spacial score (nSPS) is 9.74. The van der Waals surface area contributed by atoms with Gasteiger partial charge in [0.15, 0.2) is 0 Å². The first kappa shape index (κ1) is 23.1. The third-order valence-electron chi connectivity index (χ3n) is 1.34. The van der Waals surface area contributed by atoms with Crippen molar-refractivity contribution >= 4 is 12.3 Å². The molecule has 130 valence electrons. The van der Waals surface area contributed by atoms with Gasteiger partial charge in [0.05, 0.1) is 0 Å². The van der Waals surface area contributed by atoms with Gasteiger partial charge in [0, 0.05) is 0 Å². The van der Waals surface area contributed by atoms with E-state index in [4.69, 9.17) is 19.7 Å². The smallest absolute Gasteiger partial charge is 0.428 e. The topological polar surface area (TPSA) is 102 Å². The number of hydrogen-bond donors (Lipinski definition) is 2. The maximum atomic E-state index is 11.0. The zero-order valence-electron chi connectivity index (χ0n) is 14.3. The second kappa shape index (κ2) is 11.4. The summed E-state index contributed by atoms with van der Waals surface area (Å²) in [5.74, 6) is 9.24. The number of ether oxygens (including phenoxy) is 3. The van der Waals surface area contributed by atoms with E-state index < -0.39 is 23.5 Å². The first-order chi connectivity index (χ1) is 10.4. The van der Waals surface area contributed by atoms with Gasteiger partial charge in [-0.3, -0.25) is 0 Å². The molecule has 0 spiro atoms. The standard InChI is InChI=1S/C10H18O5.C6H6O2/c1-9(2,3)14-7(11)13-8(12)15-10(4,5)6;7-5-3-1-2-4-6-8/h1-6H3;7-8H,5-6H2. The molecule has 2 N–H and O–H groups in total. The lowest BCUT2D eigenvalue weighted by molar-refractivity contribution is -0.0293. The van der Waals surface area contributed by atoms with E-state index in [0.29, 0.717) is 0 Å². The highest BCUT2D eigenvalue weighted by atomic mass is 16.8. The molecule has 0 rings (SSSR count). The van der Waals surface area contributed by atoms with Crippen molar-refractivity contribution in [2.45, 2.75) is 52.7 Å². The summed E-state index contributed by atoms with van der Waals surface area (Å²) in [4.78, 5) is 22.0. The van der Waals surface area contributed by atoms with Gasteiger partial charge in [-0.05, 0) is 53.4 Å². The fourth-order valence-electron chi connectivity index (χ4n) is 0.777. The Morgan fingerprint density at radius 2 is 1.09 bits per heavy atom. The molecule has 0 aromatic rings. The molecule has 0 heterocycles. The molecule has 0 aliphatic heterocycles. The number of rotatable bonds is 0. The highest BCUT2D eigenvalue weighted by Crippen LogP contribution is 2.11.